The summed E-state index contributed by atoms with van der Waals surface area (Å²) in [5.41, 5.74) is 2.13. The van der Waals surface area contributed by atoms with Crippen LogP contribution in [-0.2, 0) is 6.54 Å². The van der Waals surface area contributed by atoms with Gasteiger partial charge in [-0.15, -0.1) is 0 Å². The Labute approximate surface area is 126 Å². The summed E-state index contributed by atoms with van der Waals surface area (Å²) in [5.74, 6) is -1.45. The van der Waals surface area contributed by atoms with Crippen molar-refractivity contribution in [2.45, 2.75) is 20.4 Å². The number of ketones is 1. The summed E-state index contributed by atoms with van der Waals surface area (Å²) in [7, 11) is 1.83. The fourth-order valence-electron chi connectivity index (χ4n) is 1.97. The lowest BCUT2D eigenvalue weighted by molar-refractivity contribution is 0.0687. The molecule has 0 aliphatic carbocycles. The van der Waals surface area contributed by atoms with Crippen LogP contribution < -0.4 is 4.90 Å². The van der Waals surface area contributed by atoms with Gasteiger partial charge in [0.25, 0.3) is 0 Å². The lowest BCUT2D eigenvalue weighted by atomic mass is 10.1. The molecule has 5 nitrogen and oxygen atoms in total. The molecular formula is C15H16N2O3S. The molecule has 0 bridgehead atoms. The first-order valence-electron chi connectivity index (χ1n) is 6.41. The molecule has 1 heterocycles. The van der Waals surface area contributed by atoms with Gasteiger partial charge in [0.05, 0.1) is 0 Å². The average molecular weight is 304 g/mol. The molecule has 21 heavy (non-hydrogen) atoms. The summed E-state index contributed by atoms with van der Waals surface area (Å²) in [6, 6.07) is 7.97. The van der Waals surface area contributed by atoms with Crippen LogP contribution in [0.3, 0.4) is 0 Å². The molecule has 0 aliphatic heterocycles. The number of Topliss-reactive ketones (excluding diaryl/α,β-unsaturated/α-hetero) is 1. The van der Waals surface area contributed by atoms with Crippen LogP contribution in [0.4, 0.5) is 5.13 Å². The quantitative estimate of drug-likeness (QED) is 0.860. The molecule has 1 N–H and O–H groups in total. The van der Waals surface area contributed by atoms with Crippen molar-refractivity contribution in [1.29, 1.82) is 0 Å². The van der Waals surface area contributed by atoms with Gasteiger partial charge < -0.3 is 10.0 Å². The van der Waals surface area contributed by atoms with Crippen molar-refractivity contribution < 1.29 is 14.7 Å². The molecule has 2 aromatic rings. The Balaban J connectivity index is 2.30. The minimum Gasteiger partial charge on any atom is -0.476 e. The molecule has 0 atom stereocenters. The first-order chi connectivity index (χ1) is 9.90. The molecule has 110 valence electrons. The van der Waals surface area contributed by atoms with Crippen molar-refractivity contribution in [3.63, 3.8) is 0 Å². The predicted molar refractivity (Wildman–Crippen MR) is 82.4 cm³/mol. The SMILES string of the molecule is CC(=O)c1sc(N(C)Cc2ccccc2C)nc1C(=O)O. The van der Waals surface area contributed by atoms with Crippen molar-refractivity contribution in [3.8, 4) is 0 Å². The van der Waals surface area contributed by atoms with Crippen LogP contribution in [0.5, 0.6) is 0 Å². The second kappa shape index (κ2) is 6.05. The highest BCUT2D eigenvalue weighted by atomic mass is 32.1. The van der Waals surface area contributed by atoms with Gasteiger partial charge in [-0.3, -0.25) is 4.79 Å². The van der Waals surface area contributed by atoms with Gasteiger partial charge in [0.15, 0.2) is 16.6 Å². The normalized spacial score (nSPS) is 10.4. The fourth-order valence-corrected chi connectivity index (χ4v) is 2.88. The summed E-state index contributed by atoms with van der Waals surface area (Å²) in [5, 5.41) is 9.65. The van der Waals surface area contributed by atoms with E-state index in [0.29, 0.717) is 11.7 Å². The molecule has 0 unspecified atom stereocenters. The molecule has 0 saturated carbocycles. The number of carboxylic acid groups (broad SMARTS) is 1. The summed E-state index contributed by atoms with van der Waals surface area (Å²) in [6.45, 7) is 3.98. The number of carboxylic acids is 1. The number of carbonyl (C=O) groups is 2. The Morgan fingerprint density at radius 1 is 1.33 bits per heavy atom. The molecular weight excluding hydrogens is 288 g/mol. The zero-order valence-corrected chi connectivity index (χ0v) is 12.9. The molecule has 0 fully saturated rings. The molecule has 2 rings (SSSR count). The molecule has 1 aromatic heterocycles. The average Bonchev–Trinajstić information content (AvgIpc) is 2.87. The molecule has 1 aromatic carbocycles. The maximum atomic E-state index is 11.5. The summed E-state index contributed by atoms with van der Waals surface area (Å²) in [4.78, 5) is 28.8. The topological polar surface area (TPSA) is 70.5 Å². The minimum absolute atomic E-state index is 0.167. The largest absolute Gasteiger partial charge is 0.476 e. The number of nitrogens with zero attached hydrogens (tertiary/aromatic N) is 2. The number of hydrogen-bond donors (Lipinski definition) is 1. The first kappa shape index (κ1) is 15.2. The van der Waals surface area contributed by atoms with Crippen LogP contribution >= 0.6 is 11.3 Å². The number of benzene rings is 1. The van der Waals surface area contributed by atoms with Crippen LogP contribution in [0.15, 0.2) is 24.3 Å². The molecule has 6 heteroatoms. The van der Waals surface area contributed by atoms with Crippen LogP contribution in [-0.4, -0.2) is 28.9 Å². The van der Waals surface area contributed by atoms with E-state index in [1.807, 2.05) is 43.1 Å². The maximum absolute atomic E-state index is 11.5. The number of rotatable bonds is 5. The van der Waals surface area contributed by atoms with Gasteiger partial charge in [-0.05, 0) is 18.1 Å². The Morgan fingerprint density at radius 2 is 2.00 bits per heavy atom. The lowest BCUT2D eigenvalue weighted by Gasteiger charge is -2.17. The van der Waals surface area contributed by atoms with Gasteiger partial charge in [0, 0.05) is 20.5 Å². The molecule has 0 saturated heterocycles. The van der Waals surface area contributed by atoms with E-state index < -0.39 is 5.97 Å². The van der Waals surface area contributed by atoms with Crippen molar-refractivity contribution in [2.75, 3.05) is 11.9 Å². The number of carbonyl (C=O) groups excluding carboxylic acids is 1. The van der Waals surface area contributed by atoms with Gasteiger partial charge in [0.2, 0.25) is 0 Å². The third kappa shape index (κ3) is 3.28. The highest BCUT2D eigenvalue weighted by Gasteiger charge is 2.22. The highest BCUT2D eigenvalue weighted by Crippen LogP contribution is 2.27. The van der Waals surface area contributed by atoms with E-state index in [1.165, 1.54) is 6.92 Å². The Kier molecular flexibility index (Phi) is 4.37. The zero-order valence-electron chi connectivity index (χ0n) is 12.1. The Morgan fingerprint density at radius 3 is 2.52 bits per heavy atom. The van der Waals surface area contributed by atoms with Crippen molar-refractivity contribution in [2.24, 2.45) is 0 Å². The minimum atomic E-state index is -1.17. The first-order valence-corrected chi connectivity index (χ1v) is 7.22. The number of aromatic carboxylic acids is 1. The standard InChI is InChI=1S/C15H16N2O3S/c1-9-6-4-5-7-11(9)8-17(3)15-16-12(14(19)20)13(21-15)10(2)18/h4-7H,8H2,1-3H3,(H,19,20). The number of aryl methyl sites for hydroxylation is 1. The third-order valence-corrected chi connectivity index (χ3v) is 4.40. The smallest absolute Gasteiger partial charge is 0.356 e. The van der Waals surface area contributed by atoms with Gasteiger partial charge in [-0.25, -0.2) is 9.78 Å². The summed E-state index contributed by atoms with van der Waals surface area (Å²) < 4.78 is 0. The second-order valence-corrected chi connectivity index (χ2v) is 5.80. The number of aromatic nitrogens is 1. The van der Waals surface area contributed by atoms with E-state index in [0.717, 1.165) is 22.5 Å². The van der Waals surface area contributed by atoms with Gasteiger partial charge in [0.1, 0.15) is 4.88 Å². The van der Waals surface area contributed by atoms with Crippen molar-refractivity contribution in [1.82, 2.24) is 4.98 Å². The van der Waals surface area contributed by atoms with Crippen LogP contribution in [0.2, 0.25) is 0 Å². The van der Waals surface area contributed by atoms with E-state index in [4.69, 9.17) is 5.11 Å². The number of hydrogen-bond acceptors (Lipinski definition) is 5. The number of thiazole rings is 1. The third-order valence-electron chi connectivity index (χ3n) is 3.13. The van der Waals surface area contributed by atoms with E-state index in [2.05, 4.69) is 4.98 Å². The van der Waals surface area contributed by atoms with Crippen molar-refractivity contribution >= 4 is 28.2 Å². The van der Waals surface area contributed by atoms with E-state index in [9.17, 15) is 9.59 Å². The molecule has 0 radical (unpaired) electrons. The van der Waals surface area contributed by atoms with Gasteiger partial charge >= 0.3 is 5.97 Å². The Hall–Kier alpha value is -2.21. The second-order valence-electron chi connectivity index (χ2n) is 4.82. The zero-order chi connectivity index (χ0) is 15.6. The van der Waals surface area contributed by atoms with E-state index >= 15 is 0 Å². The van der Waals surface area contributed by atoms with Gasteiger partial charge in [-0.2, -0.15) is 0 Å². The summed E-state index contributed by atoms with van der Waals surface area (Å²) in [6.07, 6.45) is 0. The predicted octanol–water partition coefficient (Wildman–Crippen LogP) is 2.99. The Bertz CT molecular complexity index is 662. The fraction of sp³-hybridized carbons (Fsp3) is 0.267. The van der Waals surface area contributed by atoms with Crippen LogP contribution in [0.1, 0.15) is 38.2 Å². The van der Waals surface area contributed by atoms with E-state index in [1.54, 1.807) is 0 Å². The molecule has 0 spiro atoms. The lowest BCUT2D eigenvalue weighted by Crippen LogP contribution is -2.17. The highest BCUT2D eigenvalue weighted by molar-refractivity contribution is 7.17. The van der Waals surface area contributed by atoms with E-state index in [-0.39, 0.29) is 16.4 Å². The maximum Gasteiger partial charge on any atom is 0.356 e. The van der Waals surface area contributed by atoms with Crippen molar-refractivity contribution in [3.05, 3.63) is 46.0 Å². The summed E-state index contributed by atoms with van der Waals surface area (Å²) >= 11 is 1.11. The number of anilines is 1. The monoisotopic (exact) mass is 304 g/mol. The molecule has 0 aliphatic rings. The molecule has 0 amide bonds. The van der Waals surface area contributed by atoms with Crippen LogP contribution in [0.25, 0.3) is 0 Å². The van der Waals surface area contributed by atoms with Crippen LogP contribution in [0, 0.1) is 6.92 Å². The van der Waals surface area contributed by atoms with Gasteiger partial charge in [-0.1, -0.05) is 35.6 Å².